The molecule has 3 rings (SSSR count). The SMILES string of the molecule is Cc1cccc(COc2ccc(Sc3ncoc3CO)cc2)c1. The van der Waals surface area contributed by atoms with Crippen LogP contribution in [-0.4, -0.2) is 10.1 Å². The van der Waals surface area contributed by atoms with Gasteiger partial charge in [0.25, 0.3) is 0 Å². The van der Waals surface area contributed by atoms with Crippen molar-refractivity contribution in [1.82, 2.24) is 4.98 Å². The summed E-state index contributed by atoms with van der Waals surface area (Å²) < 4.78 is 10.9. The summed E-state index contributed by atoms with van der Waals surface area (Å²) in [4.78, 5) is 5.10. The van der Waals surface area contributed by atoms with Crippen molar-refractivity contribution in [3.8, 4) is 5.75 Å². The van der Waals surface area contributed by atoms with Crippen molar-refractivity contribution in [2.45, 2.75) is 30.1 Å². The minimum Gasteiger partial charge on any atom is -0.489 e. The highest BCUT2D eigenvalue weighted by molar-refractivity contribution is 7.99. The number of hydrogen-bond acceptors (Lipinski definition) is 5. The van der Waals surface area contributed by atoms with E-state index in [4.69, 9.17) is 14.3 Å². The van der Waals surface area contributed by atoms with Crippen molar-refractivity contribution in [2.75, 3.05) is 0 Å². The molecule has 0 saturated carbocycles. The van der Waals surface area contributed by atoms with Gasteiger partial charge < -0.3 is 14.3 Å². The summed E-state index contributed by atoms with van der Waals surface area (Å²) in [6.07, 6.45) is 1.34. The van der Waals surface area contributed by atoms with Crippen LogP contribution in [0.2, 0.25) is 0 Å². The summed E-state index contributed by atoms with van der Waals surface area (Å²) in [6.45, 7) is 2.46. The fourth-order valence-electron chi connectivity index (χ4n) is 2.13. The van der Waals surface area contributed by atoms with Gasteiger partial charge in [-0.1, -0.05) is 41.6 Å². The molecule has 0 bridgehead atoms. The van der Waals surface area contributed by atoms with Gasteiger partial charge in [0.2, 0.25) is 0 Å². The van der Waals surface area contributed by atoms with Crippen LogP contribution in [0.25, 0.3) is 0 Å². The van der Waals surface area contributed by atoms with Crippen LogP contribution in [0.1, 0.15) is 16.9 Å². The van der Waals surface area contributed by atoms with Crippen molar-refractivity contribution in [1.29, 1.82) is 0 Å². The molecule has 2 aromatic carbocycles. The van der Waals surface area contributed by atoms with E-state index in [2.05, 4.69) is 30.1 Å². The maximum absolute atomic E-state index is 9.16. The highest BCUT2D eigenvalue weighted by Crippen LogP contribution is 2.30. The summed E-state index contributed by atoms with van der Waals surface area (Å²) in [5.41, 5.74) is 2.38. The first kappa shape index (κ1) is 15.6. The Labute approximate surface area is 139 Å². The highest BCUT2D eigenvalue weighted by Gasteiger charge is 2.08. The number of nitrogens with zero attached hydrogens (tertiary/aromatic N) is 1. The van der Waals surface area contributed by atoms with Crippen molar-refractivity contribution in [2.24, 2.45) is 0 Å². The molecule has 0 amide bonds. The van der Waals surface area contributed by atoms with Crippen LogP contribution in [0.15, 0.2) is 69.3 Å². The third-order valence-corrected chi connectivity index (χ3v) is 4.31. The van der Waals surface area contributed by atoms with Crippen LogP contribution in [0.5, 0.6) is 5.75 Å². The first-order valence-electron chi connectivity index (χ1n) is 7.24. The normalized spacial score (nSPS) is 10.7. The van der Waals surface area contributed by atoms with E-state index < -0.39 is 0 Å². The number of benzene rings is 2. The molecule has 0 aliphatic rings. The molecule has 0 radical (unpaired) electrons. The van der Waals surface area contributed by atoms with Crippen LogP contribution in [0.4, 0.5) is 0 Å². The molecule has 0 spiro atoms. The monoisotopic (exact) mass is 327 g/mol. The maximum atomic E-state index is 9.16. The third kappa shape index (κ3) is 4.15. The number of ether oxygens (including phenoxy) is 1. The molecule has 0 fully saturated rings. The van der Waals surface area contributed by atoms with E-state index in [1.54, 1.807) is 0 Å². The smallest absolute Gasteiger partial charge is 0.182 e. The molecule has 0 atom stereocenters. The topological polar surface area (TPSA) is 55.5 Å². The highest BCUT2D eigenvalue weighted by atomic mass is 32.2. The summed E-state index contributed by atoms with van der Waals surface area (Å²) in [7, 11) is 0. The number of hydrogen-bond donors (Lipinski definition) is 1. The molecule has 1 aromatic heterocycles. The van der Waals surface area contributed by atoms with Gasteiger partial charge in [0.15, 0.2) is 12.2 Å². The molecule has 0 aliphatic heterocycles. The molecule has 0 unspecified atom stereocenters. The van der Waals surface area contributed by atoms with Crippen molar-refractivity contribution >= 4 is 11.8 Å². The largest absolute Gasteiger partial charge is 0.489 e. The molecule has 0 aliphatic carbocycles. The Bertz CT molecular complexity index is 768. The molecule has 118 valence electrons. The van der Waals surface area contributed by atoms with Crippen molar-refractivity contribution in [3.05, 3.63) is 71.8 Å². The number of aryl methyl sites for hydroxylation is 1. The van der Waals surface area contributed by atoms with Gasteiger partial charge in [0.05, 0.1) is 0 Å². The van der Waals surface area contributed by atoms with Crippen LogP contribution >= 0.6 is 11.8 Å². The number of rotatable bonds is 6. The third-order valence-electron chi connectivity index (χ3n) is 3.27. The first-order valence-corrected chi connectivity index (χ1v) is 8.06. The molecule has 1 heterocycles. The molecular formula is C18H17NO3S. The molecule has 3 aromatic rings. The van der Waals surface area contributed by atoms with E-state index in [1.165, 1.54) is 23.7 Å². The van der Waals surface area contributed by atoms with E-state index in [1.807, 2.05) is 30.3 Å². The minimum absolute atomic E-state index is 0.153. The Hall–Kier alpha value is -2.24. The fraction of sp³-hybridized carbons (Fsp3) is 0.167. The van der Waals surface area contributed by atoms with Gasteiger partial charge >= 0.3 is 0 Å². The number of aromatic nitrogens is 1. The molecule has 5 heteroatoms. The number of aliphatic hydroxyl groups is 1. The predicted octanol–water partition coefficient (Wildman–Crippen LogP) is 4.21. The maximum Gasteiger partial charge on any atom is 0.182 e. The minimum atomic E-state index is -0.153. The summed E-state index contributed by atoms with van der Waals surface area (Å²) in [5, 5.41) is 9.84. The summed E-state index contributed by atoms with van der Waals surface area (Å²) in [5.74, 6) is 1.30. The van der Waals surface area contributed by atoms with Gasteiger partial charge in [-0.2, -0.15) is 0 Å². The standard InChI is InChI=1S/C18H17NO3S/c1-13-3-2-4-14(9-13)11-21-15-5-7-16(8-6-15)23-18-17(10-20)22-12-19-18/h2-9,12,20H,10-11H2,1H3. The van der Waals surface area contributed by atoms with Gasteiger partial charge in [-0.15, -0.1) is 0 Å². The van der Waals surface area contributed by atoms with Crippen LogP contribution < -0.4 is 4.74 Å². The van der Waals surface area contributed by atoms with E-state index in [9.17, 15) is 0 Å². The average Bonchev–Trinajstić information content (AvgIpc) is 3.01. The van der Waals surface area contributed by atoms with Crippen LogP contribution in [0, 0.1) is 6.92 Å². The Morgan fingerprint density at radius 2 is 2.00 bits per heavy atom. The second-order valence-corrected chi connectivity index (χ2v) is 6.15. The lowest BCUT2D eigenvalue weighted by molar-refractivity contribution is 0.243. The van der Waals surface area contributed by atoms with Gasteiger partial charge in [-0.3, -0.25) is 0 Å². The molecule has 0 saturated heterocycles. The zero-order chi connectivity index (χ0) is 16.1. The number of oxazole rings is 1. The Morgan fingerprint density at radius 1 is 1.17 bits per heavy atom. The molecule has 23 heavy (non-hydrogen) atoms. The Morgan fingerprint density at radius 3 is 2.74 bits per heavy atom. The predicted molar refractivity (Wildman–Crippen MR) is 88.5 cm³/mol. The zero-order valence-corrected chi connectivity index (χ0v) is 13.5. The van der Waals surface area contributed by atoms with Crippen LogP contribution in [0.3, 0.4) is 0 Å². The van der Waals surface area contributed by atoms with Gasteiger partial charge in [-0.25, -0.2) is 4.98 Å². The van der Waals surface area contributed by atoms with Gasteiger partial charge in [0.1, 0.15) is 24.0 Å². The second-order valence-electron chi connectivity index (χ2n) is 5.09. The lowest BCUT2D eigenvalue weighted by Crippen LogP contribution is -1.95. The van der Waals surface area contributed by atoms with Gasteiger partial charge in [-0.05, 0) is 36.8 Å². The Balaban J connectivity index is 1.61. The summed E-state index contributed by atoms with van der Waals surface area (Å²) >= 11 is 1.45. The lowest BCUT2D eigenvalue weighted by atomic mass is 10.1. The van der Waals surface area contributed by atoms with Gasteiger partial charge in [0, 0.05) is 4.90 Å². The molecule has 4 nitrogen and oxygen atoms in total. The number of aliphatic hydroxyl groups excluding tert-OH is 1. The zero-order valence-electron chi connectivity index (χ0n) is 12.7. The van der Waals surface area contributed by atoms with E-state index in [0.717, 1.165) is 16.2 Å². The van der Waals surface area contributed by atoms with E-state index in [0.29, 0.717) is 17.4 Å². The second kappa shape index (κ2) is 7.35. The van der Waals surface area contributed by atoms with Crippen LogP contribution in [-0.2, 0) is 13.2 Å². The molecular weight excluding hydrogens is 310 g/mol. The Kier molecular flexibility index (Phi) is 5.00. The average molecular weight is 327 g/mol. The first-order chi connectivity index (χ1) is 11.2. The van der Waals surface area contributed by atoms with E-state index >= 15 is 0 Å². The molecule has 1 N–H and O–H groups in total. The van der Waals surface area contributed by atoms with E-state index in [-0.39, 0.29) is 6.61 Å². The lowest BCUT2D eigenvalue weighted by Gasteiger charge is -2.07. The van der Waals surface area contributed by atoms with Crippen molar-refractivity contribution in [3.63, 3.8) is 0 Å². The van der Waals surface area contributed by atoms with Crippen molar-refractivity contribution < 1.29 is 14.3 Å². The fourth-order valence-corrected chi connectivity index (χ4v) is 2.95. The summed E-state index contributed by atoms with van der Waals surface area (Å²) in [6, 6.07) is 16.1. The quantitative estimate of drug-likeness (QED) is 0.735.